The van der Waals surface area contributed by atoms with Crippen molar-refractivity contribution in [1.29, 1.82) is 0 Å². The predicted molar refractivity (Wildman–Crippen MR) is 60.4 cm³/mol. The van der Waals surface area contributed by atoms with Crippen molar-refractivity contribution in [3.63, 3.8) is 0 Å². The van der Waals surface area contributed by atoms with Crippen molar-refractivity contribution in [2.24, 2.45) is 17.1 Å². The number of carbonyl (C=O) groups excluding carboxylic acids is 2. The van der Waals surface area contributed by atoms with Crippen LogP contribution in [0.3, 0.4) is 0 Å². The van der Waals surface area contributed by atoms with E-state index in [-0.39, 0.29) is 23.3 Å². The molecule has 2 amide bonds. The summed E-state index contributed by atoms with van der Waals surface area (Å²) < 4.78 is 0. The van der Waals surface area contributed by atoms with E-state index in [4.69, 9.17) is 5.73 Å². The second-order valence-electron chi connectivity index (χ2n) is 5.82. The van der Waals surface area contributed by atoms with Crippen LogP contribution in [0.5, 0.6) is 0 Å². The molecule has 1 saturated carbocycles. The van der Waals surface area contributed by atoms with Gasteiger partial charge in [0.1, 0.15) is 0 Å². The van der Waals surface area contributed by atoms with Gasteiger partial charge in [-0.05, 0) is 24.2 Å². The smallest absolute Gasteiger partial charge is 0.230 e. The van der Waals surface area contributed by atoms with Gasteiger partial charge in [0, 0.05) is 19.4 Å². The molecule has 0 radical (unpaired) electrons. The summed E-state index contributed by atoms with van der Waals surface area (Å²) in [4.78, 5) is 25.5. The molecule has 2 N–H and O–H groups in total. The fourth-order valence-corrected chi connectivity index (χ4v) is 2.55. The molecule has 1 heterocycles. The molecular weight excluding hydrogens is 204 g/mol. The molecule has 2 aliphatic rings. The molecule has 2 fully saturated rings. The lowest BCUT2D eigenvalue weighted by molar-refractivity contribution is -0.155. The van der Waals surface area contributed by atoms with Crippen molar-refractivity contribution in [3.8, 4) is 0 Å². The van der Waals surface area contributed by atoms with Crippen molar-refractivity contribution in [2.75, 3.05) is 6.54 Å². The first-order valence-corrected chi connectivity index (χ1v) is 5.99. The van der Waals surface area contributed by atoms with Crippen LogP contribution >= 0.6 is 0 Å². The van der Waals surface area contributed by atoms with Crippen LogP contribution in [-0.2, 0) is 9.59 Å². The lowest BCUT2D eigenvalue weighted by Crippen LogP contribution is -2.54. The molecule has 1 atom stereocenters. The van der Waals surface area contributed by atoms with E-state index >= 15 is 0 Å². The Bertz CT molecular complexity index is 301. The van der Waals surface area contributed by atoms with Crippen molar-refractivity contribution in [2.45, 2.75) is 45.6 Å². The van der Waals surface area contributed by atoms with Gasteiger partial charge in [-0.15, -0.1) is 0 Å². The van der Waals surface area contributed by atoms with Crippen LogP contribution in [0.15, 0.2) is 0 Å². The van der Waals surface area contributed by atoms with Gasteiger partial charge >= 0.3 is 0 Å². The molecule has 90 valence electrons. The number of nitrogens with two attached hydrogens (primary N) is 1. The van der Waals surface area contributed by atoms with E-state index in [1.54, 1.807) is 0 Å². The fraction of sp³-hybridized carbons (Fsp3) is 0.833. The zero-order valence-corrected chi connectivity index (χ0v) is 10.0. The van der Waals surface area contributed by atoms with Gasteiger partial charge < -0.3 is 5.73 Å². The number of hydrogen-bond acceptors (Lipinski definition) is 3. The molecule has 0 spiro atoms. The van der Waals surface area contributed by atoms with Crippen molar-refractivity contribution in [1.82, 2.24) is 4.90 Å². The number of likely N-dealkylation sites (tertiary alicyclic amines) is 1. The molecule has 4 nitrogen and oxygen atoms in total. The quantitative estimate of drug-likeness (QED) is 0.724. The summed E-state index contributed by atoms with van der Waals surface area (Å²) >= 11 is 0. The standard InChI is InChI=1S/C12H20N2O2/c1-12(2)5-10(15)14(11(16)6-12)9(7-13)8-3-4-8/h8-9H,3-7,13H2,1-2H3. The maximum atomic E-state index is 12.0. The topological polar surface area (TPSA) is 63.4 Å². The Labute approximate surface area is 96.2 Å². The number of hydrogen-bond donors (Lipinski definition) is 1. The molecule has 0 bridgehead atoms. The highest BCUT2D eigenvalue weighted by Gasteiger charge is 2.44. The number of piperidine rings is 1. The van der Waals surface area contributed by atoms with Crippen LogP contribution in [0.4, 0.5) is 0 Å². The van der Waals surface area contributed by atoms with Crippen LogP contribution in [0.25, 0.3) is 0 Å². The van der Waals surface area contributed by atoms with E-state index in [1.807, 2.05) is 13.8 Å². The van der Waals surface area contributed by atoms with Crippen LogP contribution < -0.4 is 5.73 Å². The van der Waals surface area contributed by atoms with Gasteiger partial charge in [-0.25, -0.2) is 0 Å². The molecule has 0 aromatic heterocycles. The summed E-state index contributed by atoms with van der Waals surface area (Å²) in [7, 11) is 0. The van der Waals surface area contributed by atoms with Crippen molar-refractivity contribution >= 4 is 11.8 Å². The van der Waals surface area contributed by atoms with Crippen molar-refractivity contribution < 1.29 is 9.59 Å². The highest BCUT2D eigenvalue weighted by atomic mass is 16.2. The third-order valence-electron chi connectivity index (χ3n) is 3.54. The minimum atomic E-state index is -0.187. The number of amides is 2. The maximum Gasteiger partial charge on any atom is 0.230 e. The van der Waals surface area contributed by atoms with E-state index in [2.05, 4.69) is 0 Å². The van der Waals surface area contributed by atoms with Gasteiger partial charge in [-0.2, -0.15) is 0 Å². The Hall–Kier alpha value is -0.900. The van der Waals surface area contributed by atoms with Gasteiger partial charge in [-0.1, -0.05) is 13.8 Å². The van der Waals surface area contributed by atoms with E-state index in [0.717, 1.165) is 12.8 Å². The first-order valence-electron chi connectivity index (χ1n) is 5.99. The molecule has 1 saturated heterocycles. The summed E-state index contributed by atoms with van der Waals surface area (Å²) in [6.45, 7) is 4.34. The zero-order chi connectivity index (χ0) is 11.9. The summed E-state index contributed by atoms with van der Waals surface area (Å²) in [6, 6.07) is -0.0453. The van der Waals surface area contributed by atoms with Crippen LogP contribution in [0.1, 0.15) is 39.5 Å². The van der Waals surface area contributed by atoms with Crippen LogP contribution in [0, 0.1) is 11.3 Å². The molecule has 1 unspecified atom stereocenters. The fourth-order valence-electron chi connectivity index (χ4n) is 2.55. The highest BCUT2D eigenvalue weighted by molar-refractivity contribution is 5.98. The Balaban J connectivity index is 2.14. The first kappa shape index (κ1) is 11.6. The second-order valence-corrected chi connectivity index (χ2v) is 5.82. The minimum Gasteiger partial charge on any atom is -0.328 e. The highest BCUT2D eigenvalue weighted by Crippen LogP contribution is 2.39. The average molecular weight is 224 g/mol. The number of carbonyl (C=O) groups is 2. The molecule has 2 rings (SSSR count). The molecule has 1 aliphatic carbocycles. The average Bonchev–Trinajstić information content (AvgIpc) is 2.92. The summed E-state index contributed by atoms with van der Waals surface area (Å²) in [5, 5.41) is 0. The third-order valence-corrected chi connectivity index (χ3v) is 3.54. The van der Waals surface area contributed by atoms with Gasteiger partial charge in [-0.3, -0.25) is 14.5 Å². The molecule has 4 heteroatoms. The molecule has 1 aliphatic heterocycles. The third kappa shape index (κ3) is 2.12. The molecule has 0 aromatic carbocycles. The van der Waals surface area contributed by atoms with Gasteiger partial charge in [0.05, 0.1) is 6.04 Å². The van der Waals surface area contributed by atoms with Gasteiger partial charge in [0.15, 0.2) is 0 Å². The molecule has 0 aromatic rings. The lowest BCUT2D eigenvalue weighted by Gasteiger charge is -2.38. The van der Waals surface area contributed by atoms with Gasteiger partial charge in [0.2, 0.25) is 11.8 Å². The number of imide groups is 1. The maximum absolute atomic E-state index is 12.0. The van der Waals surface area contributed by atoms with E-state index in [9.17, 15) is 9.59 Å². The monoisotopic (exact) mass is 224 g/mol. The normalized spacial score (nSPS) is 27.1. The summed E-state index contributed by atoms with van der Waals surface area (Å²) in [6.07, 6.45) is 3.12. The Morgan fingerprint density at radius 1 is 1.31 bits per heavy atom. The first-order chi connectivity index (χ1) is 7.44. The lowest BCUT2D eigenvalue weighted by atomic mass is 9.81. The second kappa shape index (κ2) is 3.84. The van der Waals surface area contributed by atoms with Crippen LogP contribution in [-0.4, -0.2) is 29.3 Å². The van der Waals surface area contributed by atoms with Crippen molar-refractivity contribution in [3.05, 3.63) is 0 Å². The van der Waals surface area contributed by atoms with Crippen LogP contribution in [0.2, 0.25) is 0 Å². The minimum absolute atomic E-state index is 0.0383. The largest absolute Gasteiger partial charge is 0.328 e. The van der Waals surface area contributed by atoms with E-state index in [1.165, 1.54) is 4.90 Å². The zero-order valence-electron chi connectivity index (χ0n) is 10.0. The number of rotatable bonds is 3. The Morgan fingerprint density at radius 2 is 1.81 bits per heavy atom. The summed E-state index contributed by atoms with van der Waals surface area (Å²) in [5.74, 6) is 0.381. The Morgan fingerprint density at radius 3 is 2.19 bits per heavy atom. The van der Waals surface area contributed by atoms with Gasteiger partial charge in [0.25, 0.3) is 0 Å². The van der Waals surface area contributed by atoms with E-state index in [0.29, 0.717) is 25.3 Å². The number of nitrogens with zero attached hydrogens (tertiary/aromatic N) is 1. The molecule has 16 heavy (non-hydrogen) atoms. The Kier molecular flexibility index (Phi) is 2.78. The van der Waals surface area contributed by atoms with E-state index < -0.39 is 0 Å². The SMILES string of the molecule is CC1(C)CC(=O)N(C(CN)C2CC2)C(=O)C1. The summed E-state index contributed by atoms with van der Waals surface area (Å²) in [5.41, 5.74) is 5.50. The molecular formula is C12H20N2O2. The predicted octanol–water partition coefficient (Wildman–Crippen LogP) is 0.899.